The predicted octanol–water partition coefficient (Wildman–Crippen LogP) is -1.27. The third-order valence-electron chi connectivity index (χ3n) is 5.01. The van der Waals surface area contributed by atoms with Crippen LogP contribution >= 0.6 is 11.8 Å². The summed E-state index contributed by atoms with van der Waals surface area (Å²) in [5.41, 5.74) is 16.2. The number of carboxylic acids is 1. The van der Waals surface area contributed by atoms with Crippen molar-refractivity contribution in [3.05, 3.63) is 0 Å². The zero-order valence-electron chi connectivity index (χ0n) is 19.8. The van der Waals surface area contributed by atoms with Gasteiger partial charge in [0.15, 0.2) is 5.96 Å². The summed E-state index contributed by atoms with van der Waals surface area (Å²) in [6.07, 6.45) is 3.25. The Morgan fingerprint density at radius 2 is 1.58 bits per heavy atom. The normalized spacial score (nSPS) is 15.3. The second-order valence-corrected chi connectivity index (χ2v) is 8.84. The molecule has 0 aliphatic rings. The maximum atomic E-state index is 13.0. The lowest BCUT2D eigenvalue weighted by Gasteiger charge is -2.28. The third kappa shape index (κ3) is 12.3. The van der Waals surface area contributed by atoms with Crippen molar-refractivity contribution in [3.63, 3.8) is 0 Å². The summed E-state index contributed by atoms with van der Waals surface area (Å²) in [5.74, 6) is -2.65. The van der Waals surface area contributed by atoms with Gasteiger partial charge in [-0.3, -0.25) is 19.4 Å². The number of aliphatic carboxylic acids is 1. The number of aliphatic imine (C=N–C) groups is 1. The number of nitrogens with two attached hydrogens (primary N) is 3. The lowest BCUT2D eigenvalue weighted by atomic mass is 9.97. The number of guanidine groups is 1. The Hall–Kier alpha value is -2.54. The number of nitrogens with zero attached hydrogens (tertiary/aromatic N) is 1. The summed E-state index contributed by atoms with van der Waals surface area (Å²) in [5, 5.41) is 17.2. The number of hydrogen-bond donors (Lipinski definition) is 7. The topological polar surface area (TPSA) is 215 Å². The summed E-state index contributed by atoms with van der Waals surface area (Å²) >= 11 is 1.47. The minimum Gasteiger partial charge on any atom is -0.480 e. The van der Waals surface area contributed by atoms with Crippen molar-refractivity contribution in [1.82, 2.24) is 16.0 Å². The smallest absolute Gasteiger partial charge is 0.326 e. The van der Waals surface area contributed by atoms with Gasteiger partial charge in [-0.05, 0) is 44.1 Å². The number of amides is 3. The van der Waals surface area contributed by atoms with Crippen LogP contribution in [0.15, 0.2) is 4.99 Å². The Morgan fingerprint density at radius 1 is 0.970 bits per heavy atom. The first-order valence-corrected chi connectivity index (χ1v) is 12.3. The Kier molecular flexibility index (Phi) is 14.9. The molecular formula is C20H39N7O5S. The van der Waals surface area contributed by atoms with Crippen LogP contribution in [0.4, 0.5) is 0 Å². The fourth-order valence-corrected chi connectivity index (χ4v) is 3.26. The molecule has 0 aromatic heterocycles. The molecule has 5 atom stereocenters. The van der Waals surface area contributed by atoms with Gasteiger partial charge in [0.1, 0.15) is 18.1 Å². The number of carbonyl (C=O) groups is 4. The van der Waals surface area contributed by atoms with Crippen molar-refractivity contribution >= 4 is 41.4 Å². The average Bonchev–Trinajstić information content (AvgIpc) is 2.75. The molecular weight excluding hydrogens is 450 g/mol. The fraction of sp³-hybridized carbons (Fsp3) is 0.750. The maximum Gasteiger partial charge on any atom is 0.326 e. The van der Waals surface area contributed by atoms with E-state index in [0.717, 1.165) is 0 Å². The second-order valence-electron chi connectivity index (χ2n) is 7.85. The molecule has 0 heterocycles. The fourth-order valence-electron chi connectivity index (χ4n) is 2.79. The molecule has 0 spiro atoms. The monoisotopic (exact) mass is 489 g/mol. The van der Waals surface area contributed by atoms with Crippen LogP contribution in [0.25, 0.3) is 0 Å². The number of rotatable bonds is 16. The molecule has 0 aromatic carbocycles. The molecule has 0 fully saturated rings. The highest BCUT2D eigenvalue weighted by Gasteiger charge is 2.32. The standard InChI is InChI=1S/C20H39N7O5S/c1-5-11(2)15(18(30)26-14(19(31)32)8-10-33-4)27-17(29)13(25-16(28)12(3)21)7-6-9-24-20(22)23/h11-15H,5-10,21H2,1-4H3,(H,25,28)(H,26,30)(H,27,29)(H,31,32)(H4,22,23,24). The lowest BCUT2D eigenvalue weighted by molar-refractivity contribution is -0.142. The molecule has 33 heavy (non-hydrogen) atoms. The van der Waals surface area contributed by atoms with Crippen molar-refractivity contribution in [1.29, 1.82) is 0 Å². The molecule has 0 rings (SSSR count). The number of thioether (sulfide) groups is 1. The van der Waals surface area contributed by atoms with Crippen LogP contribution < -0.4 is 33.2 Å². The Labute approximate surface area is 199 Å². The first kappa shape index (κ1) is 30.5. The molecule has 10 N–H and O–H groups in total. The minimum absolute atomic E-state index is 0.0846. The Bertz CT molecular complexity index is 686. The number of nitrogens with one attached hydrogen (secondary N) is 3. The average molecular weight is 490 g/mol. The van der Waals surface area contributed by atoms with Crippen molar-refractivity contribution in [2.75, 3.05) is 18.6 Å². The van der Waals surface area contributed by atoms with E-state index in [4.69, 9.17) is 17.2 Å². The maximum absolute atomic E-state index is 13.0. The van der Waals surface area contributed by atoms with Crippen molar-refractivity contribution in [2.45, 2.75) is 70.6 Å². The van der Waals surface area contributed by atoms with Crippen LogP contribution in [0.2, 0.25) is 0 Å². The van der Waals surface area contributed by atoms with Crippen LogP contribution in [-0.2, 0) is 19.2 Å². The van der Waals surface area contributed by atoms with E-state index in [1.807, 2.05) is 13.2 Å². The molecule has 0 saturated carbocycles. The number of hydrogen-bond acceptors (Lipinski definition) is 7. The minimum atomic E-state index is -1.14. The molecule has 3 amide bonds. The van der Waals surface area contributed by atoms with Crippen LogP contribution in [-0.4, -0.2) is 77.5 Å². The molecule has 5 unspecified atom stereocenters. The van der Waals surface area contributed by atoms with E-state index in [9.17, 15) is 24.3 Å². The highest BCUT2D eigenvalue weighted by molar-refractivity contribution is 7.98. The SMILES string of the molecule is CCC(C)C(NC(=O)C(CCCN=C(N)N)NC(=O)C(C)N)C(=O)NC(CCSC)C(=O)O. The zero-order chi connectivity index (χ0) is 25.6. The molecule has 0 aromatic rings. The van der Waals surface area contributed by atoms with Crippen molar-refractivity contribution in [3.8, 4) is 0 Å². The van der Waals surface area contributed by atoms with Gasteiger partial charge in [0.2, 0.25) is 17.7 Å². The first-order chi connectivity index (χ1) is 15.4. The zero-order valence-corrected chi connectivity index (χ0v) is 20.6. The molecule has 0 bridgehead atoms. The number of carboxylic acid groups (broad SMARTS) is 1. The highest BCUT2D eigenvalue weighted by Crippen LogP contribution is 2.11. The van der Waals surface area contributed by atoms with Gasteiger partial charge in [-0.2, -0.15) is 11.8 Å². The van der Waals surface area contributed by atoms with E-state index in [-0.39, 0.29) is 31.3 Å². The third-order valence-corrected chi connectivity index (χ3v) is 5.65. The van der Waals surface area contributed by atoms with E-state index in [1.54, 1.807) is 6.92 Å². The van der Waals surface area contributed by atoms with Gasteiger partial charge in [0, 0.05) is 6.54 Å². The Balaban J connectivity index is 5.48. The summed E-state index contributed by atoms with van der Waals surface area (Å²) in [6, 6.07) is -3.85. The first-order valence-electron chi connectivity index (χ1n) is 10.9. The molecule has 190 valence electrons. The van der Waals surface area contributed by atoms with Gasteiger partial charge in [-0.25, -0.2) is 4.79 Å². The van der Waals surface area contributed by atoms with Crippen LogP contribution in [0, 0.1) is 5.92 Å². The van der Waals surface area contributed by atoms with Gasteiger partial charge in [0.25, 0.3) is 0 Å². The van der Waals surface area contributed by atoms with E-state index in [1.165, 1.54) is 18.7 Å². The quantitative estimate of drug-likeness (QED) is 0.0779. The van der Waals surface area contributed by atoms with Crippen LogP contribution in [0.1, 0.15) is 46.5 Å². The lowest BCUT2D eigenvalue weighted by Crippen LogP contribution is -2.58. The molecule has 12 nitrogen and oxygen atoms in total. The van der Waals surface area contributed by atoms with Crippen molar-refractivity contribution in [2.24, 2.45) is 28.1 Å². The predicted molar refractivity (Wildman–Crippen MR) is 129 cm³/mol. The molecule has 0 aliphatic carbocycles. The van der Waals surface area contributed by atoms with Gasteiger partial charge in [-0.1, -0.05) is 20.3 Å². The van der Waals surface area contributed by atoms with Crippen molar-refractivity contribution < 1.29 is 24.3 Å². The van der Waals surface area contributed by atoms with Gasteiger partial charge < -0.3 is 38.3 Å². The second kappa shape index (κ2) is 16.1. The summed E-state index contributed by atoms with van der Waals surface area (Å²) in [6.45, 7) is 5.37. The van der Waals surface area contributed by atoms with E-state index < -0.39 is 47.9 Å². The number of carbonyl (C=O) groups excluding carboxylic acids is 3. The van der Waals surface area contributed by atoms with Gasteiger partial charge in [-0.15, -0.1) is 0 Å². The van der Waals surface area contributed by atoms with E-state index >= 15 is 0 Å². The van der Waals surface area contributed by atoms with Gasteiger partial charge in [0.05, 0.1) is 6.04 Å². The largest absolute Gasteiger partial charge is 0.480 e. The Morgan fingerprint density at radius 3 is 2.06 bits per heavy atom. The molecule has 13 heteroatoms. The highest BCUT2D eigenvalue weighted by atomic mass is 32.2. The molecule has 0 radical (unpaired) electrons. The van der Waals surface area contributed by atoms with E-state index in [2.05, 4.69) is 20.9 Å². The van der Waals surface area contributed by atoms with E-state index in [0.29, 0.717) is 18.6 Å². The molecule has 0 aliphatic heterocycles. The van der Waals surface area contributed by atoms with Gasteiger partial charge >= 0.3 is 5.97 Å². The van der Waals surface area contributed by atoms with Crippen LogP contribution in [0.3, 0.4) is 0 Å². The summed E-state index contributed by atoms with van der Waals surface area (Å²) < 4.78 is 0. The molecule has 0 saturated heterocycles. The summed E-state index contributed by atoms with van der Waals surface area (Å²) in [7, 11) is 0. The summed E-state index contributed by atoms with van der Waals surface area (Å²) in [4.78, 5) is 53.4. The van der Waals surface area contributed by atoms with Crippen LogP contribution in [0.5, 0.6) is 0 Å².